The van der Waals surface area contributed by atoms with Crippen molar-refractivity contribution in [2.45, 2.75) is 30.8 Å². The molecule has 0 amide bonds. The van der Waals surface area contributed by atoms with Gasteiger partial charge >= 0.3 is 0 Å². The van der Waals surface area contributed by atoms with Gasteiger partial charge in [0.15, 0.2) is 0 Å². The smallest absolute Gasteiger partial charge is 0.243 e. The molecule has 0 spiro atoms. The van der Waals surface area contributed by atoms with E-state index in [-0.39, 0.29) is 17.4 Å². The molecule has 1 aromatic rings. The van der Waals surface area contributed by atoms with Crippen molar-refractivity contribution in [1.82, 2.24) is 4.31 Å². The summed E-state index contributed by atoms with van der Waals surface area (Å²) in [5, 5.41) is 9.58. The number of hydrogen-bond donors (Lipinski definition) is 1. The average Bonchev–Trinajstić information content (AvgIpc) is 2.37. The van der Waals surface area contributed by atoms with Crippen molar-refractivity contribution in [2.24, 2.45) is 5.92 Å². The number of nitrogens with zero attached hydrogens (tertiary/aromatic N) is 1. The molecular weight excluding hydrogens is 288 g/mol. The van der Waals surface area contributed by atoms with Gasteiger partial charge in [-0.25, -0.2) is 17.2 Å². The van der Waals surface area contributed by atoms with Crippen LogP contribution in [0.15, 0.2) is 23.1 Å². The molecule has 0 radical (unpaired) electrons. The maximum absolute atomic E-state index is 13.2. The summed E-state index contributed by atoms with van der Waals surface area (Å²) in [4.78, 5) is -0.388. The highest BCUT2D eigenvalue weighted by Crippen LogP contribution is 2.26. The number of benzene rings is 1. The molecule has 0 saturated carbocycles. The van der Waals surface area contributed by atoms with Crippen molar-refractivity contribution in [3.05, 3.63) is 29.8 Å². The van der Waals surface area contributed by atoms with Gasteiger partial charge in [-0.05, 0) is 37.8 Å². The van der Waals surface area contributed by atoms with Crippen molar-refractivity contribution in [3.8, 4) is 0 Å². The van der Waals surface area contributed by atoms with Crippen LogP contribution >= 0.6 is 0 Å². The summed E-state index contributed by atoms with van der Waals surface area (Å²) in [5.41, 5.74) is 0. The maximum atomic E-state index is 13.2. The van der Waals surface area contributed by atoms with Gasteiger partial charge in [-0.15, -0.1) is 0 Å². The van der Waals surface area contributed by atoms with Gasteiger partial charge in [0.1, 0.15) is 11.6 Å². The van der Waals surface area contributed by atoms with Gasteiger partial charge in [0.25, 0.3) is 0 Å². The van der Waals surface area contributed by atoms with Crippen molar-refractivity contribution in [1.29, 1.82) is 0 Å². The quantitative estimate of drug-likeness (QED) is 0.925. The van der Waals surface area contributed by atoms with Crippen LogP contribution < -0.4 is 0 Å². The van der Waals surface area contributed by atoms with Gasteiger partial charge in [0.2, 0.25) is 10.0 Å². The number of aliphatic hydroxyl groups is 1. The second kappa shape index (κ2) is 5.75. The Morgan fingerprint density at radius 3 is 2.45 bits per heavy atom. The van der Waals surface area contributed by atoms with E-state index in [0.717, 1.165) is 18.6 Å². The summed E-state index contributed by atoms with van der Waals surface area (Å²) >= 11 is 0. The molecule has 0 bridgehead atoms. The highest BCUT2D eigenvalue weighted by atomic mass is 32.2. The first-order valence-electron chi connectivity index (χ1n) is 6.45. The van der Waals surface area contributed by atoms with Crippen LogP contribution in [0, 0.1) is 17.6 Å². The van der Waals surface area contributed by atoms with Crippen molar-refractivity contribution < 1.29 is 22.3 Å². The Kier molecular flexibility index (Phi) is 4.41. The first-order valence-corrected chi connectivity index (χ1v) is 7.89. The van der Waals surface area contributed by atoms with Crippen molar-refractivity contribution >= 4 is 10.0 Å². The Morgan fingerprint density at radius 1 is 1.30 bits per heavy atom. The number of halogens is 2. The average molecular weight is 305 g/mol. The van der Waals surface area contributed by atoms with Crippen LogP contribution in [0.2, 0.25) is 0 Å². The molecule has 1 aliphatic rings. The van der Waals surface area contributed by atoms with Gasteiger partial charge in [-0.3, -0.25) is 0 Å². The second-order valence-electron chi connectivity index (χ2n) is 5.11. The van der Waals surface area contributed by atoms with Crippen LogP contribution in [0.25, 0.3) is 0 Å². The molecule has 2 rings (SSSR count). The second-order valence-corrected chi connectivity index (χ2v) is 7.05. The number of rotatable bonds is 3. The van der Waals surface area contributed by atoms with Crippen LogP contribution in [0.5, 0.6) is 0 Å². The van der Waals surface area contributed by atoms with E-state index in [1.54, 1.807) is 6.92 Å². The molecular formula is C13H17F2NO3S. The van der Waals surface area contributed by atoms with Crippen LogP contribution in [-0.2, 0) is 10.0 Å². The minimum Gasteiger partial charge on any atom is -0.393 e. The third-order valence-electron chi connectivity index (χ3n) is 3.58. The predicted molar refractivity (Wildman–Crippen MR) is 69.5 cm³/mol. The molecule has 1 saturated heterocycles. The van der Waals surface area contributed by atoms with Gasteiger partial charge in [0, 0.05) is 19.2 Å². The first-order chi connectivity index (χ1) is 9.30. The SMILES string of the molecule is C[C@H](O)[C@@H]1CCCN(S(=O)(=O)c2cc(F)cc(F)c2)C1. The lowest BCUT2D eigenvalue weighted by Crippen LogP contribution is -2.42. The normalized spacial score (nSPS) is 22.7. The van der Waals surface area contributed by atoms with E-state index < -0.39 is 27.8 Å². The highest BCUT2D eigenvalue weighted by molar-refractivity contribution is 7.89. The molecule has 0 unspecified atom stereocenters. The Labute approximate surface area is 117 Å². The molecule has 20 heavy (non-hydrogen) atoms. The first kappa shape index (κ1) is 15.3. The van der Waals surface area contributed by atoms with Crippen LogP contribution in [0.4, 0.5) is 8.78 Å². The Hall–Kier alpha value is -1.05. The minimum absolute atomic E-state index is 0.156. The summed E-state index contributed by atoms with van der Waals surface area (Å²) in [5.74, 6) is -2.00. The molecule has 2 atom stereocenters. The molecule has 0 aliphatic carbocycles. The molecule has 7 heteroatoms. The van der Waals surface area contributed by atoms with Crippen molar-refractivity contribution in [3.63, 3.8) is 0 Å². The Bertz CT molecular complexity index is 569. The lowest BCUT2D eigenvalue weighted by atomic mass is 9.95. The zero-order valence-electron chi connectivity index (χ0n) is 11.1. The summed E-state index contributed by atoms with van der Waals surface area (Å²) in [7, 11) is -3.93. The van der Waals surface area contributed by atoms with Gasteiger partial charge in [0.05, 0.1) is 11.0 Å². The molecule has 1 heterocycles. The summed E-state index contributed by atoms with van der Waals surface area (Å²) in [6.45, 7) is 2.07. The largest absolute Gasteiger partial charge is 0.393 e. The zero-order chi connectivity index (χ0) is 14.9. The molecule has 0 aromatic heterocycles. The number of hydrogen-bond acceptors (Lipinski definition) is 3. The number of sulfonamides is 1. The lowest BCUT2D eigenvalue weighted by molar-refractivity contribution is 0.0885. The summed E-state index contributed by atoms with van der Waals surface area (Å²) in [6, 6.07) is 2.25. The Balaban J connectivity index is 2.30. The minimum atomic E-state index is -3.93. The van der Waals surface area contributed by atoms with Gasteiger partial charge in [-0.1, -0.05) is 0 Å². The molecule has 1 fully saturated rings. The van der Waals surface area contributed by atoms with E-state index in [2.05, 4.69) is 0 Å². The van der Waals surface area contributed by atoms with Gasteiger partial charge in [-0.2, -0.15) is 4.31 Å². The predicted octanol–water partition coefficient (Wildman–Crippen LogP) is 1.75. The molecule has 1 aromatic carbocycles. The standard InChI is InChI=1S/C13H17F2NO3S/c1-9(17)10-3-2-4-16(8-10)20(18,19)13-6-11(14)5-12(15)7-13/h5-7,9-10,17H,2-4,8H2,1H3/t9-,10+/m0/s1. The fraction of sp³-hybridized carbons (Fsp3) is 0.538. The lowest BCUT2D eigenvalue weighted by Gasteiger charge is -2.33. The van der Waals surface area contributed by atoms with E-state index in [4.69, 9.17) is 0 Å². The topological polar surface area (TPSA) is 57.6 Å². The highest BCUT2D eigenvalue weighted by Gasteiger charge is 2.32. The maximum Gasteiger partial charge on any atom is 0.243 e. The zero-order valence-corrected chi connectivity index (χ0v) is 11.9. The third-order valence-corrected chi connectivity index (χ3v) is 5.42. The molecule has 1 N–H and O–H groups in total. The number of piperidine rings is 1. The monoisotopic (exact) mass is 305 g/mol. The van der Waals surface area contributed by atoms with Crippen LogP contribution in [0.1, 0.15) is 19.8 Å². The fourth-order valence-corrected chi connectivity index (χ4v) is 3.99. The van der Waals surface area contributed by atoms with Gasteiger partial charge < -0.3 is 5.11 Å². The van der Waals surface area contributed by atoms with Crippen molar-refractivity contribution in [2.75, 3.05) is 13.1 Å². The summed E-state index contributed by atoms with van der Waals surface area (Å²) in [6.07, 6.45) is 0.741. The van der Waals surface area contributed by atoms with Crippen LogP contribution in [0.3, 0.4) is 0 Å². The fourth-order valence-electron chi connectivity index (χ4n) is 2.41. The third kappa shape index (κ3) is 3.16. The van der Waals surface area contributed by atoms with Crippen LogP contribution in [-0.4, -0.2) is 37.0 Å². The summed E-state index contributed by atoms with van der Waals surface area (Å²) < 4.78 is 52.3. The van der Waals surface area contributed by atoms with E-state index >= 15 is 0 Å². The Morgan fingerprint density at radius 2 is 1.90 bits per heavy atom. The number of aliphatic hydroxyl groups excluding tert-OH is 1. The molecule has 112 valence electrons. The van der Waals surface area contributed by atoms with E-state index in [9.17, 15) is 22.3 Å². The van der Waals surface area contributed by atoms with E-state index in [1.807, 2.05) is 0 Å². The van der Waals surface area contributed by atoms with E-state index in [0.29, 0.717) is 19.0 Å². The molecule has 4 nitrogen and oxygen atoms in total. The van der Waals surface area contributed by atoms with E-state index in [1.165, 1.54) is 4.31 Å². The molecule has 1 aliphatic heterocycles.